The molecule has 0 heterocycles. The highest BCUT2D eigenvalue weighted by molar-refractivity contribution is 4.53. The summed E-state index contributed by atoms with van der Waals surface area (Å²) in [7, 11) is 0. The third-order valence-corrected chi connectivity index (χ3v) is 9.24. The average molecular weight is 567 g/mol. The number of hydrogen-bond acceptors (Lipinski definition) is 0. The van der Waals surface area contributed by atoms with Gasteiger partial charge in [0.05, 0.1) is 6.67 Å². The highest BCUT2D eigenvalue weighted by atomic mass is 19.1. The van der Waals surface area contributed by atoms with E-state index < -0.39 is 0 Å². The number of alkyl halides is 1. The van der Waals surface area contributed by atoms with Gasteiger partial charge in [0.15, 0.2) is 0 Å². The van der Waals surface area contributed by atoms with Crippen molar-refractivity contribution in [1.82, 2.24) is 0 Å². The van der Waals surface area contributed by atoms with Crippen molar-refractivity contribution >= 4 is 0 Å². The predicted molar refractivity (Wildman–Crippen MR) is 182 cm³/mol. The van der Waals surface area contributed by atoms with Crippen LogP contribution in [0.2, 0.25) is 0 Å². The molecular weight excluding hydrogens is 487 g/mol. The minimum atomic E-state index is -0.125. The van der Waals surface area contributed by atoms with Crippen molar-refractivity contribution in [2.45, 2.75) is 244 Å². The number of hydrogen-bond donors (Lipinski definition) is 0. The van der Waals surface area contributed by atoms with Crippen LogP contribution in [0.1, 0.15) is 244 Å². The quantitative estimate of drug-likeness (QED) is 0.0656. The Morgan fingerprint density at radius 3 is 0.450 bits per heavy atom. The van der Waals surface area contributed by atoms with Crippen LogP contribution in [0.4, 0.5) is 4.39 Å². The van der Waals surface area contributed by atoms with Crippen LogP contribution in [0.15, 0.2) is 0 Å². The van der Waals surface area contributed by atoms with Gasteiger partial charge in [0.1, 0.15) is 0 Å². The second kappa shape index (κ2) is 38.9. The van der Waals surface area contributed by atoms with Gasteiger partial charge in [-0.2, -0.15) is 0 Å². The smallest absolute Gasteiger partial charge is 0.0894 e. The van der Waals surface area contributed by atoms with Crippen molar-refractivity contribution in [3.05, 3.63) is 0 Å². The van der Waals surface area contributed by atoms with E-state index in [-0.39, 0.29) is 6.67 Å². The van der Waals surface area contributed by atoms with E-state index in [0.29, 0.717) is 0 Å². The third-order valence-electron chi connectivity index (χ3n) is 9.24. The molecule has 0 N–H and O–H groups in total. The van der Waals surface area contributed by atoms with E-state index in [0.717, 1.165) is 12.8 Å². The molecule has 0 atom stereocenters. The Hall–Kier alpha value is -0.0700. The zero-order valence-electron chi connectivity index (χ0n) is 28.2. The summed E-state index contributed by atoms with van der Waals surface area (Å²) in [6.45, 7) is 2.18. The van der Waals surface area contributed by atoms with Crippen molar-refractivity contribution in [2.24, 2.45) is 0 Å². The summed E-state index contributed by atoms with van der Waals surface area (Å²) in [5.41, 5.74) is 0. The molecule has 242 valence electrons. The van der Waals surface area contributed by atoms with Crippen LogP contribution < -0.4 is 0 Å². The van der Waals surface area contributed by atoms with Crippen LogP contribution in [0.25, 0.3) is 0 Å². The van der Waals surface area contributed by atoms with E-state index in [1.54, 1.807) is 0 Å². The molecule has 0 aliphatic heterocycles. The summed E-state index contributed by atoms with van der Waals surface area (Å²) in [4.78, 5) is 0. The Kier molecular flexibility index (Phi) is 38.9. The molecule has 0 fully saturated rings. The third kappa shape index (κ3) is 37.9. The van der Waals surface area contributed by atoms with E-state index in [1.165, 1.54) is 225 Å². The van der Waals surface area contributed by atoms with Gasteiger partial charge in [0.2, 0.25) is 0 Å². The summed E-state index contributed by atoms with van der Waals surface area (Å²) in [6, 6.07) is 0. The van der Waals surface area contributed by atoms with Crippen LogP contribution in [0.3, 0.4) is 0 Å². The maximum absolute atomic E-state index is 12.0. The minimum absolute atomic E-state index is 0.125. The van der Waals surface area contributed by atoms with Gasteiger partial charge in [-0.05, 0) is 6.42 Å². The average Bonchev–Trinajstić information content (AvgIpc) is 2.97. The maximum atomic E-state index is 12.0. The second-order valence-corrected chi connectivity index (χ2v) is 13.4. The predicted octanol–water partition coefficient (Wildman–Crippen LogP) is 15.4. The van der Waals surface area contributed by atoms with E-state index in [2.05, 4.69) is 6.92 Å². The van der Waals surface area contributed by atoms with Crippen molar-refractivity contribution in [3.63, 3.8) is 0 Å². The molecule has 0 nitrogen and oxygen atoms in total. The molecule has 0 unspecified atom stereocenters. The number of rotatable bonds is 37. The highest BCUT2D eigenvalue weighted by Crippen LogP contribution is 2.17. The molecule has 0 aromatic carbocycles. The van der Waals surface area contributed by atoms with Gasteiger partial charge in [-0.1, -0.05) is 238 Å². The van der Waals surface area contributed by atoms with Gasteiger partial charge in [-0.25, -0.2) is 0 Å². The Bertz CT molecular complexity index is 368. The van der Waals surface area contributed by atoms with Crippen molar-refractivity contribution in [1.29, 1.82) is 0 Å². The lowest BCUT2D eigenvalue weighted by Gasteiger charge is -2.05. The zero-order chi connectivity index (χ0) is 28.9. The van der Waals surface area contributed by atoms with E-state index >= 15 is 0 Å². The number of halogens is 1. The molecule has 0 aromatic heterocycles. The molecule has 0 radical (unpaired) electrons. The minimum Gasteiger partial charge on any atom is -0.251 e. The molecule has 0 rings (SSSR count). The van der Waals surface area contributed by atoms with Gasteiger partial charge >= 0.3 is 0 Å². The van der Waals surface area contributed by atoms with Crippen LogP contribution in [-0.2, 0) is 0 Å². The lowest BCUT2D eigenvalue weighted by molar-refractivity contribution is 0.448. The van der Waals surface area contributed by atoms with Crippen molar-refractivity contribution in [3.8, 4) is 0 Å². The normalized spacial score (nSPS) is 11.6. The molecule has 1 heteroatoms. The van der Waals surface area contributed by atoms with E-state index in [9.17, 15) is 4.39 Å². The van der Waals surface area contributed by atoms with Gasteiger partial charge in [-0.3, -0.25) is 4.39 Å². The van der Waals surface area contributed by atoms with Crippen LogP contribution >= 0.6 is 0 Å². The van der Waals surface area contributed by atoms with Gasteiger partial charge in [0, 0.05) is 0 Å². The number of unbranched alkanes of at least 4 members (excludes halogenated alkanes) is 36. The Balaban J connectivity index is 3.01. The fourth-order valence-corrected chi connectivity index (χ4v) is 6.35. The maximum Gasteiger partial charge on any atom is 0.0894 e. The molecule has 40 heavy (non-hydrogen) atoms. The second-order valence-electron chi connectivity index (χ2n) is 13.4. The molecule has 0 aliphatic rings. The first-order valence-electron chi connectivity index (χ1n) is 19.5. The molecule has 0 aromatic rings. The summed E-state index contributed by atoms with van der Waals surface area (Å²) >= 11 is 0. The molecular formula is C39H79F. The molecule has 0 saturated heterocycles. The van der Waals surface area contributed by atoms with Gasteiger partial charge in [0.25, 0.3) is 0 Å². The fourth-order valence-electron chi connectivity index (χ4n) is 6.35. The first kappa shape index (κ1) is 39.9. The Morgan fingerprint density at radius 1 is 0.200 bits per heavy atom. The topological polar surface area (TPSA) is 0 Å². The molecule has 0 aliphatic carbocycles. The van der Waals surface area contributed by atoms with Crippen molar-refractivity contribution in [2.75, 3.05) is 6.67 Å². The Labute approximate surface area is 255 Å². The SMILES string of the molecule is CCCCCCCCCCCCCCCCCCCCCCCCCCCCCCCCCCCCCCCF. The highest BCUT2D eigenvalue weighted by Gasteiger charge is 1.97. The van der Waals surface area contributed by atoms with E-state index in [1.807, 2.05) is 0 Å². The zero-order valence-corrected chi connectivity index (χ0v) is 28.2. The first-order chi connectivity index (χ1) is 19.9. The van der Waals surface area contributed by atoms with Crippen LogP contribution in [0, 0.1) is 0 Å². The summed E-state index contributed by atoms with van der Waals surface area (Å²) in [6.07, 6.45) is 52.8. The lowest BCUT2D eigenvalue weighted by Crippen LogP contribution is -1.85. The van der Waals surface area contributed by atoms with Gasteiger partial charge in [-0.15, -0.1) is 0 Å². The van der Waals surface area contributed by atoms with Crippen LogP contribution in [-0.4, -0.2) is 6.67 Å². The summed E-state index contributed by atoms with van der Waals surface area (Å²) < 4.78 is 12.0. The molecule has 0 saturated carbocycles. The van der Waals surface area contributed by atoms with Crippen LogP contribution in [0.5, 0.6) is 0 Å². The Morgan fingerprint density at radius 2 is 0.325 bits per heavy atom. The summed E-state index contributed by atoms with van der Waals surface area (Å²) in [5.74, 6) is 0. The lowest BCUT2D eigenvalue weighted by atomic mass is 10.0. The molecule has 0 spiro atoms. The van der Waals surface area contributed by atoms with Crippen molar-refractivity contribution < 1.29 is 4.39 Å². The first-order valence-corrected chi connectivity index (χ1v) is 19.5. The standard InChI is InChI=1S/C39H79F/c1-2-3-4-5-6-7-8-9-10-11-12-13-14-15-16-17-18-19-20-21-22-23-24-25-26-27-28-29-30-31-32-33-34-35-36-37-38-39-40/h2-39H2,1H3. The molecule has 0 bridgehead atoms. The van der Waals surface area contributed by atoms with E-state index in [4.69, 9.17) is 0 Å². The summed E-state index contributed by atoms with van der Waals surface area (Å²) in [5, 5.41) is 0. The largest absolute Gasteiger partial charge is 0.251 e. The van der Waals surface area contributed by atoms with Gasteiger partial charge < -0.3 is 0 Å². The fraction of sp³-hybridized carbons (Fsp3) is 1.00. The monoisotopic (exact) mass is 567 g/mol. The molecule has 0 amide bonds.